The Bertz CT molecular complexity index is 456. The van der Waals surface area contributed by atoms with Gasteiger partial charge in [-0.25, -0.2) is 0 Å². The van der Waals surface area contributed by atoms with E-state index in [0.29, 0.717) is 6.42 Å². The summed E-state index contributed by atoms with van der Waals surface area (Å²) in [7, 11) is 0. The second-order valence-electron chi connectivity index (χ2n) is 5.48. The van der Waals surface area contributed by atoms with Gasteiger partial charge in [0.1, 0.15) is 0 Å². The molecule has 0 spiro atoms. The van der Waals surface area contributed by atoms with Gasteiger partial charge in [-0.1, -0.05) is 18.6 Å². The van der Waals surface area contributed by atoms with Gasteiger partial charge in [0.15, 0.2) is 0 Å². The van der Waals surface area contributed by atoms with Crippen LogP contribution >= 0.6 is 0 Å². The average molecular weight is 232 g/mol. The molecule has 2 rings (SSSR count). The molecule has 92 valence electrons. The number of hydrogen-bond acceptors (Lipinski definition) is 1. The maximum absolute atomic E-state index is 11.4. The van der Waals surface area contributed by atoms with Gasteiger partial charge < -0.3 is 5.11 Å². The van der Waals surface area contributed by atoms with Crippen molar-refractivity contribution < 1.29 is 9.90 Å². The molecule has 0 heterocycles. The Morgan fingerprint density at radius 3 is 2.24 bits per heavy atom. The third-order valence-corrected chi connectivity index (χ3v) is 4.25. The standard InChI is InChI=1S/C15H20O2/c1-10-7-12(3)13(8-11(10)2)9-15(14(16)17)5-4-6-15/h7-8H,4-6,9H2,1-3H3,(H,16,17). The predicted molar refractivity (Wildman–Crippen MR) is 68.3 cm³/mol. The number of carbonyl (C=O) groups is 1. The predicted octanol–water partition coefficient (Wildman–Crippen LogP) is 3.41. The summed E-state index contributed by atoms with van der Waals surface area (Å²) in [6, 6.07) is 4.33. The minimum atomic E-state index is -0.624. The maximum Gasteiger partial charge on any atom is 0.309 e. The van der Waals surface area contributed by atoms with Gasteiger partial charge in [-0.2, -0.15) is 0 Å². The van der Waals surface area contributed by atoms with E-state index in [2.05, 4.69) is 32.9 Å². The van der Waals surface area contributed by atoms with Crippen molar-refractivity contribution in [2.45, 2.75) is 46.5 Å². The van der Waals surface area contributed by atoms with Crippen LogP contribution in [0, 0.1) is 26.2 Å². The van der Waals surface area contributed by atoms with Gasteiger partial charge in [0.05, 0.1) is 5.41 Å². The molecule has 1 aliphatic carbocycles. The lowest BCUT2D eigenvalue weighted by molar-refractivity contribution is -0.154. The van der Waals surface area contributed by atoms with Crippen molar-refractivity contribution in [3.63, 3.8) is 0 Å². The first-order valence-corrected chi connectivity index (χ1v) is 6.25. The van der Waals surface area contributed by atoms with Crippen LogP contribution in [0.5, 0.6) is 0 Å². The van der Waals surface area contributed by atoms with Crippen LogP contribution in [0.15, 0.2) is 12.1 Å². The fourth-order valence-electron chi connectivity index (χ4n) is 2.65. The molecule has 0 saturated heterocycles. The van der Waals surface area contributed by atoms with Crippen molar-refractivity contribution in [2.24, 2.45) is 5.41 Å². The summed E-state index contributed by atoms with van der Waals surface area (Å²) in [4.78, 5) is 11.4. The normalized spacial score (nSPS) is 17.6. The molecule has 2 heteroatoms. The van der Waals surface area contributed by atoms with E-state index >= 15 is 0 Å². The molecule has 1 fully saturated rings. The molecular weight excluding hydrogens is 212 g/mol. The molecule has 0 aromatic heterocycles. The summed E-state index contributed by atoms with van der Waals surface area (Å²) in [6.45, 7) is 6.27. The summed E-state index contributed by atoms with van der Waals surface area (Å²) in [6.07, 6.45) is 3.40. The molecular formula is C15H20O2. The zero-order chi connectivity index (χ0) is 12.6. The second kappa shape index (κ2) is 4.17. The first-order chi connectivity index (χ1) is 7.94. The fraction of sp³-hybridized carbons (Fsp3) is 0.533. The Morgan fingerprint density at radius 1 is 1.18 bits per heavy atom. The Hall–Kier alpha value is -1.31. The number of carboxylic acid groups (broad SMARTS) is 1. The molecule has 0 unspecified atom stereocenters. The zero-order valence-electron chi connectivity index (χ0n) is 10.8. The second-order valence-corrected chi connectivity index (χ2v) is 5.48. The lowest BCUT2D eigenvalue weighted by Gasteiger charge is -2.38. The van der Waals surface area contributed by atoms with Gasteiger partial charge in [-0.3, -0.25) is 4.79 Å². The van der Waals surface area contributed by atoms with Gasteiger partial charge in [0.2, 0.25) is 0 Å². The van der Waals surface area contributed by atoms with Gasteiger partial charge in [0.25, 0.3) is 0 Å². The Kier molecular flexibility index (Phi) is 2.98. The Balaban J connectivity index is 2.30. The first-order valence-electron chi connectivity index (χ1n) is 6.25. The van der Waals surface area contributed by atoms with Gasteiger partial charge >= 0.3 is 5.97 Å². The van der Waals surface area contributed by atoms with E-state index in [-0.39, 0.29) is 0 Å². The third-order valence-electron chi connectivity index (χ3n) is 4.25. The monoisotopic (exact) mass is 232 g/mol. The molecule has 1 aliphatic rings. The molecule has 0 amide bonds. The van der Waals surface area contributed by atoms with Crippen LogP contribution in [0.4, 0.5) is 0 Å². The lowest BCUT2D eigenvalue weighted by Crippen LogP contribution is -2.40. The highest BCUT2D eigenvalue weighted by Gasteiger charge is 2.44. The SMILES string of the molecule is Cc1cc(C)c(CC2(C(=O)O)CCC2)cc1C. The molecule has 2 nitrogen and oxygen atoms in total. The molecule has 0 bridgehead atoms. The van der Waals surface area contributed by atoms with E-state index in [4.69, 9.17) is 0 Å². The van der Waals surface area contributed by atoms with Crippen LogP contribution in [-0.4, -0.2) is 11.1 Å². The largest absolute Gasteiger partial charge is 0.481 e. The molecule has 0 atom stereocenters. The molecule has 1 saturated carbocycles. The summed E-state index contributed by atoms with van der Waals surface area (Å²) in [5, 5.41) is 9.36. The van der Waals surface area contributed by atoms with Crippen molar-refractivity contribution >= 4 is 5.97 Å². The molecule has 0 aliphatic heterocycles. The summed E-state index contributed by atoms with van der Waals surface area (Å²) in [5.74, 6) is -0.624. The minimum absolute atomic E-state index is 0.480. The van der Waals surface area contributed by atoms with E-state index in [1.807, 2.05) is 0 Å². The third kappa shape index (κ3) is 2.08. The number of rotatable bonds is 3. The number of aliphatic carboxylic acids is 1. The van der Waals surface area contributed by atoms with Gasteiger partial charge in [-0.15, -0.1) is 0 Å². The molecule has 1 N–H and O–H groups in total. The van der Waals surface area contributed by atoms with Crippen molar-refractivity contribution in [2.75, 3.05) is 0 Å². The van der Waals surface area contributed by atoms with Gasteiger partial charge in [0, 0.05) is 0 Å². The van der Waals surface area contributed by atoms with Crippen LogP contribution in [0.2, 0.25) is 0 Å². The highest BCUT2D eigenvalue weighted by molar-refractivity contribution is 5.76. The number of benzene rings is 1. The van der Waals surface area contributed by atoms with Crippen LogP contribution < -0.4 is 0 Å². The molecule has 17 heavy (non-hydrogen) atoms. The van der Waals surface area contributed by atoms with Gasteiger partial charge in [-0.05, 0) is 62.3 Å². The quantitative estimate of drug-likeness (QED) is 0.867. The van der Waals surface area contributed by atoms with Crippen LogP contribution in [-0.2, 0) is 11.2 Å². The molecule has 1 aromatic rings. The van der Waals surface area contributed by atoms with Crippen LogP contribution in [0.3, 0.4) is 0 Å². The Morgan fingerprint density at radius 2 is 1.76 bits per heavy atom. The summed E-state index contributed by atoms with van der Waals surface area (Å²) < 4.78 is 0. The highest BCUT2D eigenvalue weighted by atomic mass is 16.4. The van der Waals surface area contributed by atoms with Crippen LogP contribution in [0.1, 0.15) is 41.5 Å². The van der Waals surface area contributed by atoms with E-state index < -0.39 is 11.4 Å². The minimum Gasteiger partial charge on any atom is -0.481 e. The van der Waals surface area contributed by atoms with Crippen molar-refractivity contribution in [1.29, 1.82) is 0 Å². The van der Waals surface area contributed by atoms with E-state index in [1.165, 1.54) is 22.3 Å². The van der Waals surface area contributed by atoms with E-state index in [1.54, 1.807) is 0 Å². The van der Waals surface area contributed by atoms with Crippen molar-refractivity contribution in [1.82, 2.24) is 0 Å². The maximum atomic E-state index is 11.4. The number of carboxylic acids is 1. The van der Waals surface area contributed by atoms with E-state index in [9.17, 15) is 9.90 Å². The van der Waals surface area contributed by atoms with Crippen molar-refractivity contribution in [3.8, 4) is 0 Å². The average Bonchev–Trinajstić information content (AvgIpc) is 2.18. The molecule has 1 aromatic carbocycles. The number of hydrogen-bond donors (Lipinski definition) is 1. The highest BCUT2D eigenvalue weighted by Crippen LogP contribution is 2.44. The lowest BCUT2D eigenvalue weighted by atomic mass is 9.65. The fourth-order valence-corrected chi connectivity index (χ4v) is 2.65. The summed E-state index contributed by atoms with van der Waals surface area (Å²) >= 11 is 0. The van der Waals surface area contributed by atoms with Crippen LogP contribution in [0.25, 0.3) is 0 Å². The topological polar surface area (TPSA) is 37.3 Å². The Labute approximate surface area is 103 Å². The molecule has 0 radical (unpaired) electrons. The first kappa shape index (κ1) is 12.2. The van der Waals surface area contributed by atoms with E-state index in [0.717, 1.165) is 19.3 Å². The smallest absolute Gasteiger partial charge is 0.309 e. The van der Waals surface area contributed by atoms with Crippen molar-refractivity contribution in [3.05, 3.63) is 34.4 Å². The number of aryl methyl sites for hydroxylation is 3. The zero-order valence-corrected chi connectivity index (χ0v) is 10.8. The summed E-state index contributed by atoms with van der Waals surface area (Å²) in [5.41, 5.74) is 4.48.